The molecule has 1 heterocycles. The Bertz CT molecular complexity index is 437. The van der Waals surface area contributed by atoms with Crippen molar-refractivity contribution in [1.82, 2.24) is 4.90 Å². The van der Waals surface area contributed by atoms with Crippen LogP contribution in [0, 0.1) is 0 Å². The molecule has 0 aromatic heterocycles. The van der Waals surface area contributed by atoms with Gasteiger partial charge in [0, 0.05) is 17.1 Å². The summed E-state index contributed by atoms with van der Waals surface area (Å²) in [7, 11) is 1.59. The van der Waals surface area contributed by atoms with Crippen LogP contribution in [-0.2, 0) is 11.3 Å². The first kappa shape index (κ1) is 12.2. The fraction of sp³-hybridized carbons (Fsp3) is 0.417. The molecule has 17 heavy (non-hydrogen) atoms. The number of amides is 1. The molecule has 1 fully saturated rings. The van der Waals surface area contributed by atoms with Crippen molar-refractivity contribution >= 4 is 17.5 Å². The molecular formula is C12H15ClN2O2. The molecule has 1 aromatic carbocycles. The predicted molar refractivity (Wildman–Crippen MR) is 66.0 cm³/mol. The molecular weight excluding hydrogens is 240 g/mol. The third-order valence-corrected chi connectivity index (χ3v) is 3.34. The maximum absolute atomic E-state index is 11.7. The van der Waals surface area contributed by atoms with E-state index in [9.17, 15) is 4.79 Å². The van der Waals surface area contributed by atoms with Gasteiger partial charge >= 0.3 is 0 Å². The van der Waals surface area contributed by atoms with Crippen LogP contribution in [0.5, 0.6) is 5.75 Å². The van der Waals surface area contributed by atoms with Crippen molar-refractivity contribution in [3.8, 4) is 5.75 Å². The Morgan fingerprint density at radius 1 is 1.59 bits per heavy atom. The third kappa shape index (κ3) is 2.37. The summed E-state index contributed by atoms with van der Waals surface area (Å²) in [5, 5.41) is 0.609. The molecule has 0 aliphatic carbocycles. The van der Waals surface area contributed by atoms with E-state index in [1.165, 1.54) is 0 Å². The van der Waals surface area contributed by atoms with Gasteiger partial charge in [-0.05, 0) is 18.6 Å². The smallest absolute Gasteiger partial charge is 0.239 e. The molecule has 1 aliphatic rings. The van der Waals surface area contributed by atoms with Gasteiger partial charge in [-0.2, -0.15) is 0 Å². The number of hydrogen-bond acceptors (Lipinski definition) is 3. The first-order valence-electron chi connectivity index (χ1n) is 5.49. The van der Waals surface area contributed by atoms with E-state index in [1.54, 1.807) is 18.1 Å². The summed E-state index contributed by atoms with van der Waals surface area (Å²) in [6, 6.07) is 5.08. The van der Waals surface area contributed by atoms with Crippen LogP contribution >= 0.6 is 11.6 Å². The third-order valence-electron chi connectivity index (χ3n) is 2.98. The predicted octanol–water partition coefficient (Wildman–Crippen LogP) is 1.41. The van der Waals surface area contributed by atoms with Gasteiger partial charge in [0.25, 0.3) is 0 Å². The molecule has 0 radical (unpaired) electrons. The number of halogens is 1. The van der Waals surface area contributed by atoms with Crippen LogP contribution in [0.25, 0.3) is 0 Å². The van der Waals surface area contributed by atoms with Crippen molar-refractivity contribution in [1.29, 1.82) is 0 Å². The minimum Gasteiger partial charge on any atom is -0.496 e. The van der Waals surface area contributed by atoms with E-state index < -0.39 is 0 Å². The molecule has 5 heteroatoms. The van der Waals surface area contributed by atoms with Gasteiger partial charge in [-0.3, -0.25) is 4.79 Å². The summed E-state index contributed by atoms with van der Waals surface area (Å²) in [5.41, 5.74) is 6.51. The van der Waals surface area contributed by atoms with Crippen molar-refractivity contribution in [2.75, 3.05) is 13.7 Å². The molecule has 1 unspecified atom stereocenters. The molecule has 1 amide bonds. The summed E-state index contributed by atoms with van der Waals surface area (Å²) in [4.78, 5) is 13.5. The van der Waals surface area contributed by atoms with Crippen molar-refractivity contribution in [2.24, 2.45) is 5.73 Å². The van der Waals surface area contributed by atoms with Crippen molar-refractivity contribution in [3.63, 3.8) is 0 Å². The van der Waals surface area contributed by atoms with Gasteiger partial charge < -0.3 is 15.4 Å². The molecule has 1 aromatic rings. The minimum atomic E-state index is -0.372. The number of likely N-dealkylation sites (tertiary alicyclic amines) is 1. The molecule has 0 spiro atoms. The summed E-state index contributed by atoms with van der Waals surface area (Å²) >= 11 is 6.12. The Balaban J connectivity index is 2.21. The molecule has 1 saturated heterocycles. The van der Waals surface area contributed by atoms with Crippen LogP contribution in [0.1, 0.15) is 12.0 Å². The Morgan fingerprint density at radius 3 is 2.94 bits per heavy atom. The molecule has 1 atom stereocenters. The number of rotatable bonds is 3. The van der Waals surface area contributed by atoms with Gasteiger partial charge in [-0.15, -0.1) is 0 Å². The summed E-state index contributed by atoms with van der Waals surface area (Å²) in [6.07, 6.45) is 0.700. The van der Waals surface area contributed by atoms with Crippen molar-refractivity contribution < 1.29 is 9.53 Å². The van der Waals surface area contributed by atoms with Crippen molar-refractivity contribution in [2.45, 2.75) is 19.0 Å². The Kier molecular flexibility index (Phi) is 3.54. The molecule has 2 N–H and O–H groups in total. The van der Waals surface area contributed by atoms with E-state index in [0.29, 0.717) is 30.3 Å². The zero-order chi connectivity index (χ0) is 12.4. The lowest BCUT2D eigenvalue weighted by Gasteiger charge is -2.18. The second-order valence-corrected chi connectivity index (χ2v) is 4.48. The lowest BCUT2D eigenvalue weighted by Crippen LogP contribution is -2.33. The van der Waals surface area contributed by atoms with E-state index in [1.807, 2.05) is 12.1 Å². The van der Waals surface area contributed by atoms with E-state index in [2.05, 4.69) is 0 Å². The van der Waals surface area contributed by atoms with Gasteiger partial charge in [0.2, 0.25) is 5.91 Å². The SMILES string of the molecule is COc1cccc(Cl)c1CN1CCC(N)C1=O. The highest BCUT2D eigenvalue weighted by molar-refractivity contribution is 6.31. The maximum atomic E-state index is 11.7. The molecule has 92 valence electrons. The number of hydrogen-bond donors (Lipinski definition) is 1. The Hall–Kier alpha value is -1.26. The van der Waals surface area contributed by atoms with Gasteiger partial charge in [0.15, 0.2) is 0 Å². The topological polar surface area (TPSA) is 55.6 Å². The van der Waals surface area contributed by atoms with Gasteiger partial charge in [0.1, 0.15) is 5.75 Å². The first-order valence-corrected chi connectivity index (χ1v) is 5.87. The Labute approximate surface area is 105 Å². The van der Waals surface area contributed by atoms with Crippen LogP contribution in [-0.4, -0.2) is 30.5 Å². The van der Waals surface area contributed by atoms with E-state index in [-0.39, 0.29) is 11.9 Å². The second-order valence-electron chi connectivity index (χ2n) is 4.08. The number of benzene rings is 1. The van der Waals surface area contributed by atoms with Crippen LogP contribution in [0.3, 0.4) is 0 Å². The highest BCUT2D eigenvalue weighted by Crippen LogP contribution is 2.28. The molecule has 0 saturated carbocycles. The van der Waals surface area contributed by atoms with Crippen LogP contribution < -0.4 is 10.5 Å². The number of ether oxygens (including phenoxy) is 1. The van der Waals surface area contributed by atoms with E-state index in [0.717, 1.165) is 5.56 Å². The first-order chi connectivity index (χ1) is 8.13. The highest BCUT2D eigenvalue weighted by atomic mass is 35.5. The molecule has 1 aliphatic heterocycles. The summed E-state index contributed by atoms with van der Waals surface area (Å²) in [6.45, 7) is 1.13. The average molecular weight is 255 g/mol. The number of nitrogens with two attached hydrogens (primary N) is 1. The quantitative estimate of drug-likeness (QED) is 0.887. The number of carbonyl (C=O) groups excluding carboxylic acids is 1. The van der Waals surface area contributed by atoms with Crippen LogP contribution in [0.4, 0.5) is 0 Å². The van der Waals surface area contributed by atoms with Gasteiger partial charge in [0.05, 0.1) is 19.7 Å². The largest absolute Gasteiger partial charge is 0.496 e. The molecule has 2 rings (SSSR count). The zero-order valence-corrected chi connectivity index (χ0v) is 10.4. The van der Waals surface area contributed by atoms with E-state index in [4.69, 9.17) is 22.1 Å². The Morgan fingerprint density at radius 2 is 2.35 bits per heavy atom. The second kappa shape index (κ2) is 4.94. The van der Waals surface area contributed by atoms with Gasteiger partial charge in [-0.1, -0.05) is 17.7 Å². The zero-order valence-electron chi connectivity index (χ0n) is 9.65. The summed E-state index contributed by atoms with van der Waals surface area (Å²) < 4.78 is 5.24. The fourth-order valence-electron chi connectivity index (χ4n) is 1.99. The number of carbonyl (C=O) groups is 1. The molecule has 0 bridgehead atoms. The lowest BCUT2D eigenvalue weighted by atomic mass is 10.2. The van der Waals surface area contributed by atoms with E-state index >= 15 is 0 Å². The minimum absolute atomic E-state index is 0.0213. The number of methoxy groups -OCH3 is 1. The average Bonchev–Trinajstić information content (AvgIpc) is 2.63. The summed E-state index contributed by atoms with van der Waals surface area (Å²) in [5.74, 6) is 0.678. The fourth-order valence-corrected chi connectivity index (χ4v) is 2.22. The monoisotopic (exact) mass is 254 g/mol. The lowest BCUT2D eigenvalue weighted by molar-refractivity contribution is -0.129. The highest BCUT2D eigenvalue weighted by Gasteiger charge is 2.29. The maximum Gasteiger partial charge on any atom is 0.239 e. The number of nitrogens with zero attached hydrogens (tertiary/aromatic N) is 1. The standard InChI is InChI=1S/C12H15ClN2O2/c1-17-11-4-2-3-9(13)8(11)7-15-6-5-10(14)12(15)16/h2-4,10H,5-7,14H2,1H3. The van der Waals surface area contributed by atoms with Crippen molar-refractivity contribution in [3.05, 3.63) is 28.8 Å². The van der Waals surface area contributed by atoms with Crippen LogP contribution in [0.15, 0.2) is 18.2 Å². The van der Waals surface area contributed by atoms with Crippen LogP contribution in [0.2, 0.25) is 5.02 Å². The van der Waals surface area contributed by atoms with Gasteiger partial charge in [-0.25, -0.2) is 0 Å². The molecule has 4 nitrogen and oxygen atoms in total. The normalized spacial score (nSPS) is 19.8.